The topological polar surface area (TPSA) is 70.6 Å². The minimum absolute atomic E-state index is 0.472. The van der Waals surface area contributed by atoms with E-state index < -0.39 is 11.8 Å². The van der Waals surface area contributed by atoms with E-state index in [0.717, 1.165) is 5.56 Å². The highest BCUT2D eigenvalue weighted by Crippen LogP contribution is 2.22. The molecule has 0 heterocycles. The summed E-state index contributed by atoms with van der Waals surface area (Å²) in [5.41, 5.74) is 4.04. The molecule has 0 fully saturated rings. The first-order valence-corrected chi connectivity index (χ1v) is 7.38. The zero-order valence-corrected chi connectivity index (χ0v) is 13.7. The van der Waals surface area contributed by atoms with Crippen molar-refractivity contribution >= 4 is 46.9 Å². The predicted octanol–water partition coefficient (Wildman–Crippen LogP) is 3.39. The lowest BCUT2D eigenvalue weighted by molar-refractivity contribution is -0.136. The van der Waals surface area contributed by atoms with Crippen LogP contribution in [0.2, 0.25) is 10.0 Å². The molecule has 0 atom stereocenters. The van der Waals surface area contributed by atoms with E-state index in [2.05, 4.69) is 15.8 Å². The van der Waals surface area contributed by atoms with Crippen LogP contribution in [0.5, 0.6) is 0 Å². The van der Waals surface area contributed by atoms with Crippen molar-refractivity contribution in [1.82, 2.24) is 5.43 Å². The predicted molar refractivity (Wildman–Crippen MR) is 92.0 cm³/mol. The second-order valence-corrected chi connectivity index (χ2v) is 5.46. The maximum absolute atomic E-state index is 11.8. The molecule has 0 aliphatic heterocycles. The molecule has 2 amide bonds. The third kappa shape index (κ3) is 4.81. The highest BCUT2D eigenvalue weighted by molar-refractivity contribution is 6.40. The summed E-state index contributed by atoms with van der Waals surface area (Å²) in [5.74, 6) is -1.71. The summed E-state index contributed by atoms with van der Waals surface area (Å²) in [4.78, 5) is 23.5. The van der Waals surface area contributed by atoms with Gasteiger partial charge in [0.2, 0.25) is 0 Å². The van der Waals surface area contributed by atoms with Gasteiger partial charge >= 0.3 is 11.8 Å². The molecule has 2 aromatic carbocycles. The van der Waals surface area contributed by atoms with Crippen LogP contribution in [0.25, 0.3) is 0 Å². The minimum Gasteiger partial charge on any atom is -0.317 e. The number of nitrogens with zero attached hydrogens (tertiary/aromatic N) is 1. The Balaban J connectivity index is 1.94. The highest BCUT2D eigenvalue weighted by atomic mass is 35.5. The summed E-state index contributed by atoms with van der Waals surface area (Å²) in [6, 6.07) is 11.9. The van der Waals surface area contributed by atoms with Gasteiger partial charge in [-0.3, -0.25) is 9.59 Å². The largest absolute Gasteiger partial charge is 0.329 e. The number of nitrogens with one attached hydrogen (secondary N) is 2. The van der Waals surface area contributed by atoms with Crippen LogP contribution in [0.3, 0.4) is 0 Å². The van der Waals surface area contributed by atoms with E-state index in [-0.39, 0.29) is 0 Å². The van der Waals surface area contributed by atoms with E-state index in [1.165, 1.54) is 6.21 Å². The monoisotopic (exact) mass is 349 g/mol. The van der Waals surface area contributed by atoms with E-state index in [9.17, 15) is 9.59 Å². The third-order valence-corrected chi connectivity index (χ3v) is 3.63. The van der Waals surface area contributed by atoms with Crippen molar-refractivity contribution in [3.63, 3.8) is 0 Å². The number of benzene rings is 2. The Morgan fingerprint density at radius 1 is 1.04 bits per heavy atom. The summed E-state index contributed by atoms with van der Waals surface area (Å²) < 4.78 is 0. The van der Waals surface area contributed by atoms with Gasteiger partial charge in [-0.2, -0.15) is 5.10 Å². The van der Waals surface area contributed by atoms with Crippen LogP contribution in [0, 0.1) is 6.92 Å². The van der Waals surface area contributed by atoms with E-state index in [0.29, 0.717) is 21.3 Å². The van der Waals surface area contributed by atoms with Crippen molar-refractivity contribution in [2.45, 2.75) is 6.92 Å². The molecular weight excluding hydrogens is 337 g/mol. The maximum atomic E-state index is 11.8. The van der Waals surface area contributed by atoms with Gasteiger partial charge in [0.25, 0.3) is 0 Å². The Morgan fingerprint density at radius 2 is 1.74 bits per heavy atom. The molecule has 23 heavy (non-hydrogen) atoms. The molecule has 0 aliphatic rings. The Hall–Kier alpha value is -2.37. The number of hydrogen-bond acceptors (Lipinski definition) is 3. The average molecular weight is 350 g/mol. The molecule has 0 saturated heterocycles. The molecule has 0 radical (unpaired) electrons. The smallest absolute Gasteiger partial charge is 0.317 e. The minimum atomic E-state index is -0.880. The van der Waals surface area contributed by atoms with Gasteiger partial charge in [-0.25, -0.2) is 5.43 Å². The molecule has 0 aromatic heterocycles. The first kappa shape index (κ1) is 17.0. The number of carbonyl (C=O) groups excluding carboxylic acids is 2. The fraction of sp³-hybridized carbons (Fsp3) is 0.0625. The number of amides is 2. The normalized spacial score (nSPS) is 10.6. The molecule has 118 valence electrons. The molecule has 2 rings (SSSR count). The van der Waals surface area contributed by atoms with Gasteiger partial charge < -0.3 is 5.32 Å². The molecule has 2 N–H and O–H groups in total. The first-order valence-electron chi connectivity index (χ1n) is 6.62. The van der Waals surface area contributed by atoms with Crippen LogP contribution < -0.4 is 10.7 Å². The van der Waals surface area contributed by atoms with Crippen molar-refractivity contribution in [3.05, 3.63) is 63.6 Å². The van der Waals surface area contributed by atoms with Gasteiger partial charge in [0, 0.05) is 15.7 Å². The van der Waals surface area contributed by atoms with Gasteiger partial charge in [0.05, 0.1) is 6.21 Å². The molecule has 2 aromatic rings. The Bertz CT molecular complexity index is 758. The highest BCUT2D eigenvalue weighted by Gasteiger charge is 2.14. The quantitative estimate of drug-likeness (QED) is 0.506. The SMILES string of the molecule is Cc1c(Cl)cccc1NC(=O)C(=O)NN=Cc1ccc(Cl)cc1. The summed E-state index contributed by atoms with van der Waals surface area (Å²) >= 11 is 11.7. The van der Waals surface area contributed by atoms with Crippen LogP contribution in [-0.2, 0) is 9.59 Å². The maximum Gasteiger partial charge on any atom is 0.329 e. The molecule has 5 nitrogen and oxygen atoms in total. The fourth-order valence-electron chi connectivity index (χ4n) is 1.69. The summed E-state index contributed by atoms with van der Waals surface area (Å²) in [5, 5.41) is 7.30. The fourth-order valence-corrected chi connectivity index (χ4v) is 1.99. The molecule has 0 bridgehead atoms. The third-order valence-electron chi connectivity index (χ3n) is 2.97. The van der Waals surface area contributed by atoms with E-state index in [1.807, 2.05) is 0 Å². The van der Waals surface area contributed by atoms with Crippen LogP contribution in [0.1, 0.15) is 11.1 Å². The number of anilines is 1. The van der Waals surface area contributed by atoms with Gasteiger partial charge in [-0.05, 0) is 42.3 Å². The van der Waals surface area contributed by atoms with Gasteiger partial charge in [0.1, 0.15) is 0 Å². The summed E-state index contributed by atoms with van der Waals surface area (Å²) in [6.07, 6.45) is 1.41. The molecule has 7 heteroatoms. The first-order chi connectivity index (χ1) is 11.0. The zero-order chi connectivity index (χ0) is 16.8. The van der Waals surface area contributed by atoms with Crippen molar-refractivity contribution in [2.75, 3.05) is 5.32 Å². The molecule has 0 aliphatic carbocycles. The number of halogens is 2. The van der Waals surface area contributed by atoms with Crippen LogP contribution in [0.4, 0.5) is 5.69 Å². The molecule has 0 saturated carbocycles. The van der Waals surface area contributed by atoms with Gasteiger partial charge in [0.15, 0.2) is 0 Å². The van der Waals surface area contributed by atoms with Crippen molar-refractivity contribution in [3.8, 4) is 0 Å². The second kappa shape index (κ2) is 7.76. The summed E-state index contributed by atoms with van der Waals surface area (Å²) in [7, 11) is 0. The Labute approximate surface area is 143 Å². The van der Waals surface area contributed by atoms with Crippen molar-refractivity contribution < 1.29 is 9.59 Å². The Kier molecular flexibility index (Phi) is 5.73. The lowest BCUT2D eigenvalue weighted by Gasteiger charge is -2.08. The zero-order valence-electron chi connectivity index (χ0n) is 12.1. The second-order valence-electron chi connectivity index (χ2n) is 4.62. The Morgan fingerprint density at radius 3 is 2.43 bits per heavy atom. The lowest BCUT2D eigenvalue weighted by Crippen LogP contribution is -2.32. The van der Waals surface area contributed by atoms with Gasteiger partial charge in [-0.1, -0.05) is 41.4 Å². The summed E-state index contributed by atoms with van der Waals surface area (Å²) in [6.45, 7) is 1.74. The van der Waals surface area contributed by atoms with Crippen molar-refractivity contribution in [1.29, 1.82) is 0 Å². The van der Waals surface area contributed by atoms with E-state index >= 15 is 0 Å². The molecular formula is C16H13Cl2N3O2. The standard InChI is InChI=1S/C16H13Cl2N3O2/c1-10-13(18)3-2-4-14(10)20-15(22)16(23)21-19-9-11-5-7-12(17)8-6-11/h2-9H,1H3,(H,20,22)(H,21,23). The number of hydrogen-bond donors (Lipinski definition) is 2. The van der Waals surface area contributed by atoms with Crippen LogP contribution in [-0.4, -0.2) is 18.0 Å². The lowest BCUT2D eigenvalue weighted by atomic mass is 10.2. The van der Waals surface area contributed by atoms with Crippen molar-refractivity contribution in [2.24, 2.45) is 5.10 Å². The number of hydrazone groups is 1. The number of carbonyl (C=O) groups is 2. The molecule has 0 unspecified atom stereocenters. The molecule has 0 spiro atoms. The van der Waals surface area contributed by atoms with Crippen LogP contribution >= 0.6 is 23.2 Å². The average Bonchev–Trinajstić information content (AvgIpc) is 2.53. The van der Waals surface area contributed by atoms with Crippen LogP contribution in [0.15, 0.2) is 47.6 Å². The van der Waals surface area contributed by atoms with E-state index in [4.69, 9.17) is 23.2 Å². The van der Waals surface area contributed by atoms with Gasteiger partial charge in [-0.15, -0.1) is 0 Å². The number of rotatable bonds is 3. The van der Waals surface area contributed by atoms with E-state index in [1.54, 1.807) is 49.4 Å².